The summed E-state index contributed by atoms with van der Waals surface area (Å²) in [5.74, 6) is 1.99. The zero-order valence-corrected chi connectivity index (χ0v) is 8.16. The molecule has 0 aromatic rings. The molecule has 0 bridgehead atoms. The second-order valence-electron chi connectivity index (χ2n) is 3.09. The summed E-state index contributed by atoms with van der Waals surface area (Å²) in [5.41, 5.74) is 0. The molecule has 0 heterocycles. The molecular formula is C9H20S. The minimum atomic E-state index is 0.930. The van der Waals surface area contributed by atoms with Crippen molar-refractivity contribution in [1.29, 1.82) is 0 Å². The van der Waals surface area contributed by atoms with E-state index in [-0.39, 0.29) is 0 Å². The van der Waals surface area contributed by atoms with Crippen LogP contribution >= 0.6 is 12.6 Å². The second kappa shape index (κ2) is 7.46. The molecule has 10 heavy (non-hydrogen) atoms. The maximum Gasteiger partial charge on any atom is -0.00979 e. The number of thiol groups is 1. The van der Waals surface area contributed by atoms with Gasteiger partial charge in [0.05, 0.1) is 0 Å². The van der Waals surface area contributed by atoms with E-state index in [1.807, 2.05) is 0 Å². The first-order chi connectivity index (χ1) is 4.81. The Kier molecular flexibility index (Phi) is 7.72. The SMILES string of the molecule is CCC(C)CCCCCS. The van der Waals surface area contributed by atoms with E-state index < -0.39 is 0 Å². The van der Waals surface area contributed by atoms with Gasteiger partial charge in [0.2, 0.25) is 0 Å². The molecule has 0 N–H and O–H groups in total. The van der Waals surface area contributed by atoms with Crippen molar-refractivity contribution in [2.45, 2.75) is 46.0 Å². The molecule has 0 aromatic carbocycles. The smallest absolute Gasteiger partial charge is 0.00979 e. The molecule has 0 aromatic heterocycles. The van der Waals surface area contributed by atoms with E-state index in [1.54, 1.807) is 0 Å². The molecule has 1 unspecified atom stereocenters. The third kappa shape index (κ3) is 6.47. The lowest BCUT2D eigenvalue weighted by Gasteiger charge is -2.06. The van der Waals surface area contributed by atoms with Gasteiger partial charge in [-0.05, 0) is 18.1 Å². The van der Waals surface area contributed by atoms with Crippen LogP contribution in [0.1, 0.15) is 46.0 Å². The molecule has 0 rings (SSSR count). The maximum atomic E-state index is 4.17. The minimum absolute atomic E-state index is 0.930. The average Bonchev–Trinajstić information content (AvgIpc) is 1.98. The summed E-state index contributed by atoms with van der Waals surface area (Å²) in [6, 6.07) is 0. The first kappa shape index (κ1) is 10.3. The third-order valence-electron chi connectivity index (χ3n) is 2.05. The van der Waals surface area contributed by atoms with Gasteiger partial charge in [0.25, 0.3) is 0 Å². The normalized spacial score (nSPS) is 13.5. The first-order valence-electron chi connectivity index (χ1n) is 4.42. The topological polar surface area (TPSA) is 0 Å². The zero-order valence-electron chi connectivity index (χ0n) is 7.27. The van der Waals surface area contributed by atoms with Gasteiger partial charge in [-0.1, -0.05) is 39.5 Å². The van der Waals surface area contributed by atoms with Crippen LogP contribution in [0.2, 0.25) is 0 Å². The van der Waals surface area contributed by atoms with Crippen molar-refractivity contribution in [3.8, 4) is 0 Å². The van der Waals surface area contributed by atoms with Crippen LogP contribution in [0.25, 0.3) is 0 Å². The summed E-state index contributed by atoms with van der Waals surface area (Å²) in [7, 11) is 0. The van der Waals surface area contributed by atoms with Gasteiger partial charge in [0.15, 0.2) is 0 Å². The summed E-state index contributed by atoms with van der Waals surface area (Å²) in [4.78, 5) is 0. The average molecular weight is 160 g/mol. The van der Waals surface area contributed by atoms with Crippen LogP contribution in [0, 0.1) is 5.92 Å². The molecule has 1 heteroatoms. The Hall–Kier alpha value is 0.350. The van der Waals surface area contributed by atoms with Gasteiger partial charge in [-0.15, -0.1) is 0 Å². The molecule has 0 amide bonds. The highest BCUT2D eigenvalue weighted by atomic mass is 32.1. The van der Waals surface area contributed by atoms with Crippen LogP contribution < -0.4 is 0 Å². The highest BCUT2D eigenvalue weighted by Gasteiger charge is 1.96. The molecule has 0 saturated heterocycles. The predicted molar refractivity (Wildman–Crippen MR) is 51.8 cm³/mol. The molecule has 0 nitrogen and oxygen atoms in total. The molecule has 0 aliphatic carbocycles. The van der Waals surface area contributed by atoms with Crippen molar-refractivity contribution in [3.05, 3.63) is 0 Å². The van der Waals surface area contributed by atoms with Gasteiger partial charge in [0.1, 0.15) is 0 Å². The van der Waals surface area contributed by atoms with Crippen LogP contribution in [0.4, 0.5) is 0 Å². The molecule has 0 radical (unpaired) electrons. The predicted octanol–water partition coefficient (Wildman–Crippen LogP) is 3.52. The largest absolute Gasteiger partial charge is 0.179 e. The summed E-state index contributed by atoms with van der Waals surface area (Å²) in [6.07, 6.45) is 6.80. The van der Waals surface area contributed by atoms with Gasteiger partial charge in [0, 0.05) is 0 Å². The van der Waals surface area contributed by atoms with E-state index in [4.69, 9.17) is 0 Å². The van der Waals surface area contributed by atoms with Crippen molar-refractivity contribution >= 4 is 12.6 Å². The standard InChI is InChI=1S/C9H20S/c1-3-9(2)7-5-4-6-8-10/h9-10H,3-8H2,1-2H3. The van der Waals surface area contributed by atoms with E-state index in [2.05, 4.69) is 26.5 Å². The van der Waals surface area contributed by atoms with Gasteiger partial charge >= 0.3 is 0 Å². The summed E-state index contributed by atoms with van der Waals surface area (Å²) >= 11 is 4.17. The van der Waals surface area contributed by atoms with E-state index in [0.29, 0.717) is 0 Å². The van der Waals surface area contributed by atoms with E-state index >= 15 is 0 Å². The quantitative estimate of drug-likeness (QED) is 0.446. The van der Waals surface area contributed by atoms with Crippen molar-refractivity contribution in [1.82, 2.24) is 0 Å². The maximum absolute atomic E-state index is 4.17. The van der Waals surface area contributed by atoms with Crippen molar-refractivity contribution < 1.29 is 0 Å². The molecule has 0 saturated carbocycles. The lowest BCUT2D eigenvalue weighted by Crippen LogP contribution is -1.91. The Labute approximate surface area is 70.8 Å². The fraction of sp³-hybridized carbons (Fsp3) is 1.00. The lowest BCUT2D eigenvalue weighted by atomic mass is 10.0. The summed E-state index contributed by atoms with van der Waals surface area (Å²) in [5, 5.41) is 0. The molecule has 62 valence electrons. The second-order valence-corrected chi connectivity index (χ2v) is 3.53. The number of unbranched alkanes of at least 4 members (excludes halogenated alkanes) is 2. The fourth-order valence-corrected chi connectivity index (χ4v) is 1.21. The van der Waals surface area contributed by atoms with Crippen LogP contribution in [-0.2, 0) is 0 Å². The highest BCUT2D eigenvalue weighted by Crippen LogP contribution is 2.11. The van der Waals surface area contributed by atoms with E-state index in [9.17, 15) is 0 Å². The Bertz CT molecular complexity index is 61.7. The minimum Gasteiger partial charge on any atom is -0.179 e. The highest BCUT2D eigenvalue weighted by molar-refractivity contribution is 7.80. The monoisotopic (exact) mass is 160 g/mol. The molecule has 0 fully saturated rings. The van der Waals surface area contributed by atoms with Crippen molar-refractivity contribution in [2.75, 3.05) is 5.75 Å². The summed E-state index contributed by atoms with van der Waals surface area (Å²) < 4.78 is 0. The molecule has 0 aliphatic heterocycles. The molecule has 0 spiro atoms. The lowest BCUT2D eigenvalue weighted by molar-refractivity contribution is 0.483. The molecule has 0 aliphatic rings. The molecular weight excluding hydrogens is 140 g/mol. The van der Waals surface area contributed by atoms with E-state index in [1.165, 1.54) is 32.1 Å². The zero-order chi connectivity index (χ0) is 7.82. The van der Waals surface area contributed by atoms with Gasteiger partial charge in [-0.3, -0.25) is 0 Å². The van der Waals surface area contributed by atoms with Gasteiger partial charge < -0.3 is 0 Å². The number of hydrogen-bond acceptors (Lipinski definition) is 1. The fourth-order valence-electron chi connectivity index (χ4n) is 0.986. The van der Waals surface area contributed by atoms with Gasteiger partial charge in [-0.2, -0.15) is 12.6 Å². The van der Waals surface area contributed by atoms with E-state index in [0.717, 1.165) is 11.7 Å². The van der Waals surface area contributed by atoms with Crippen LogP contribution in [-0.4, -0.2) is 5.75 Å². The van der Waals surface area contributed by atoms with Gasteiger partial charge in [-0.25, -0.2) is 0 Å². The summed E-state index contributed by atoms with van der Waals surface area (Å²) in [6.45, 7) is 4.60. The van der Waals surface area contributed by atoms with Crippen molar-refractivity contribution in [3.63, 3.8) is 0 Å². The number of rotatable bonds is 6. The van der Waals surface area contributed by atoms with Crippen LogP contribution in [0.3, 0.4) is 0 Å². The Morgan fingerprint density at radius 1 is 1.20 bits per heavy atom. The van der Waals surface area contributed by atoms with Crippen molar-refractivity contribution in [2.24, 2.45) is 5.92 Å². The van der Waals surface area contributed by atoms with Crippen LogP contribution in [0.5, 0.6) is 0 Å². The molecule has 1 atom stereocenters. The Morgan fingerprint density at radius 2 is 1.90 bits per heavy atom. The number of hydrogen-bond donors (Lipinski definition) is 1. The first-order valence-corrected chi connectivity index (χ1v) is 5.05. The van der Waals surface area contributed by atoms with Crippen LogP contribution in [0.15, 0.2) is 0 Å². The third-order valence-corrected chi connectivity index (χ3v) is 2.37. The Balaban J connectivity index is 2.89. The Morgan fingerprint density at radius 3 is 2.40 bits per heavy atom.